The summed E-state index contributed by atoms with van der Waals surface area (Å²) in [6, 6.07) is 0.0248. The van der Waals surface area contributed by atoms with Gasteiger partial charge in [-0.15, -0.1) is 0 Å². The maximum absolute atomic E-state index is 10.7. The summed E-state index contributed by atoms with van der Waals surface area (Å²) in [4.78, 5) is 10.7. The molecule has 0 amide bonds. The average Bonchev–Trinajstić information content (AvgIpc) is 2.00. The van der Waals surface area contributed by atoms with Crippen LogP contribution >= 0.6 is 0 Å². The fourth-order valence-electron chi connectivity index (χ4n) is 4.13. The third-order valence-corrected chi connectivity index (χ3v) is 4.31. The standard InChI is InChI=1S/C10H15NO2/c12-10-3-6-1-7(4-10)9(11-13)8(2-6)5-10/h6-9,12H,1-5H2. The van der Waals surface area contributed by atoms with Crippen molar-refractivity contribution in [2.24, 2.45) is 22.9 Å². The Kier molecular flexibility index (Phi) is 1.41. The lowest BCUT2D eigenvalue weighted by Crippen LogP contribution is -2.56. The molecule has 4 rings (SSSR count). The van der Waals surface area contributed by atoms with Crippen LogP contribution in [0.2, 0.25) is 0 Å². The first kappa shape index (κ1) is 7.92. The highest BCUT2D eigenvalue weighted by Gasteiger charge is 2.55. The van der Waals surface area contributed by atoms with E-state index in [1.54, 1.807) is 0 Å². The van der Waals surface area contributed by atoms with Gasteiger partial charge < -0.3 is 5.11 Å². The molecule has 4 aliphatic rings. The Labute approximate surface area is 77.5 Å². The molecule has 0 radical (unpaired) electrons. The van der Waals surface area contributed by atoms with Gasteiger partial charge in [-0.3, -0.25) is 0 Å². The molecule has 0 saturated heterocycles. The minimum Gasteiger partial charge on any atom is -0.390 e. The smallest absolute Gasteiger partial charge is 0.0978 e. The van der Waals surface area contributed by atoms with Crippen LogP contribution in [0.3, 0.4) is 0 Å². The second-order valence-electron chi connectivity index (χ2n) is 5.29. The lowest BCUT2D eigenvalue weighted by atomic mass is 9.52. The monoisotopic (exact) mass is 181 g/mol. The molecule has 2 atom stereocenters. The van der Waals surface area contributed by atoms with Crippen molar-refractivity contribution in [3.05, 3.63) is 4.91 Å². The summed E-state index contributed by atoms with van der Waals surface area (Å²) in [5, 5.41) is 13.4. The van der Waals surface area contributed by atoms with Crippen molar-refractivity contribution in [1.29, 1.82) is 0 Å². The molecule has 3 heteroatoms. The quantitative estimate of drug-likeness (QED) is 0.626. The molecule has 2 unspecified atom stereocenters. The first-order valence-corrected chi connectivity index (χ1v) is 5.25. The molecule has 1 N–H and O–H groups in total. The van der Waals surface area contributed by atoms with E-state index in [1.807, 2.05) is 0 Å². The topological polar surface area (TPSA) is 49.7 Å². The number of nitroso groups, excluding NO2 is 1. The van der Waals surface area contributed by atoms with Gasteiger partial charge in [-0.25, -0.2) is 0 Å². The van der Waals surface area contributed by atoms with Gasteiger partial charge >= 0.3 is 0 Å². The number of hydrogen-bond acceptors (Lipinski definition) is 3. The Bertz CT molecular complexity index is 237. The van der Waals surface area contributed by atoms with Crippen LogP contribution in [0.15, 0.2) is 5.18 Å². The molecule has 0 aromatic rings. The van der Waals surface area contributed by atoms with Gasteiger partial charge in [-0.05, 0) is 49.9 Å². The zero-order valence-electron chi connectivity index (χ0n) is 7.65. The molecule has 4 saturated carbocycles. The minimum absolute atomic E-state index is 0.0248. The van der Waals surface area contributed by atoms with E-state index < -0.39 is 5.60 Å². The van der Waals surface area contributed by atoms with Crippen molar-refractivity contribution in [1.82, 2.24) is 0 Å². The highest BCUT2D eigenvalue weighted by atomic mass is 16.3. The molecule has 72 valence electrons. The van der Waals surface area contributed by atoms with Gasteiger partial charge in [-0.1, -0.05) is 5.18 Å². The van der Waals surface area contributed by atoms with E-state index in [4.69, 9.17) is 0 Å². The summed E-state index contributed by atoms with van der Waals surface area (Å²) in [6.45, 7) is 0. The lowest BCUT2D eigenvalue weighted by Gasteiger charge is -2.55. The van der Waals surface area contributed by atoms with E-state index in [1.165, 1.54) is 0 Å². The molecule has 0 aromatic carbocycles. The van der Waals surface area contributed by atoms with Gasteiger partial charge in [0.2, 0.25) is 0 Å². The van der Waals surface area contributed by atoms with E-state index in [-0.39, 0.29) is 6.04 Å². The fraction of sp³-hybridized carbons (Fsp3) is 1.00. The summed E-state index contributed by atoms with van der Waals surface area (Å²) in [6.07, 6.45) is 4.91. The minimum atomic E-state index is -0.419. The summed E-state index contributed by atoms with van der Waals surface area (Å²) in [7, 11) is 0. The second-order valence-corrected chi connectivity index (χ2v) is 5.29. The van der Waals surface area contributed by atoms with Crippen LogP contribution in [0.5, 0.6) is 0 Å². The summed E-state index contributed by atoms with van der Waals surface area (Å²) < 4.78 is 0. The fourth-order valence-corrected chi connectivity index (χ4v) is 4.13. The van der Waals surface area contributed by atoms with Crippen molar-refractivity contribution >= 4 is 0 Å². The average molecular weight is 181 g/mol. The Morgan fingerprint density at radius 1 is 1.15 bits per heavy atom. The number of aliphatic hydroxyl groups is 1. The van der Waals surface area contributed by atoms with Gasteiger partial charge in [0.15, 0.2) is 0 Å². The zero-order valence-corrected chi connectivity index (χ0v) is 7.65. The first-order chi connectivity index (χ1) is 6.20. The van der Waals surface area contributed by atoms with Crippen LogP contribution < -0.4 is 0 Å². The highest BCUT2D eigenvalue weighted by Crippen LogP contribution is 2.56. The maximum atomic E-state index is 10.7. The van der Waals surface area contributed by atoms with Crippen LogP contribution in [0.25, 0.3) is 0 Å². The zero-order chi connectivity index (χ0) is 9.05. The normalized spacial score (nSPS) is 58.2. The van der Waals surface area contributed by atoms with Crippen LogP contribution in [-0.2, 0) is 0 Å². The van der Waals surface area contributed by atoms with Crippen LogP contribution in [0.1, 0.15) is 32.1 Å². The first-order valence-electron chi connectivity index (χ1n) is 5.25. The molecule has 0 heterocycles. The number of hydrogen-bond donors (Lipinski definition) is 1. The molecule has 3 nitrogen and oxygen atoms in total. The van der Waals surface area contributed by atoms with Crippen molar-refractivity contribution < 1.29 is 5.11 Å². The molecule has 4 fully saturated rings. The number of nitrogens with zero attached hydrogens (tertiary/aromatic N) is 1. The second kappa shape index (κ2) is 2.32. The maximum Gasteiger partial charge on any atom is 0.0978 e. The molecule has 4 bridgehead atoms. The Balaban J connectivity index is 1.94. The Hall–Kier alpha value is -0.440. The van der Waals surface area contributed by atoms with Crippen molar-refractivity contribution in [2.45, 2.75) is 43.7 Å². The van der Waals surface area contributed by atoms with Gasteiger partial charge in [0.05, 0.1) is 11.6 Å². The molecular formula is C10H15NO2. The van der Waals surface area contributed by atoms with Crippen molar-refractivity contribution in [3.63, 3.8) is 0 Å². The van der Waals surface area contributed by atoms with E-state index in [2.05, 4.69) is 5.18 Å². The molecular weight excluding hydrogens is 166 g/mol. The Morgan fingerprint density at radius 3 is 2.23 bits per heavy atom. The predicted octanol–water partition coefficient (Wildman–Crippen LogP) is 1.69. The van der Waals surface area contributed by atoms with Gasteiger partial charge in [0, 0.05) is 0 Å². The van der Waals surface area contributed by atoms with E-state index in [0.717, 1.165) is 32.1 Å². The van der Waals surface area contributed by atoms with Crippen molar-refractivity contribution in [3.8, 4) is 0 Å². The SMILES string of the molecule is O=NC1C2CC3CC1CC(O)(C3)C2. The Morgan fingerprint density at radius 2 is 1.77 bits per heavy atom. The molecule has 4 aliphatic carbocycles. The summed E-state index contributed by atoms with van der Waals surface area (Å²) in [5.41, 5.74) is -0.419. The molecule has 0 spiro atoms. The molecule has 13 heavy (non-hydrogen) atoms. The lowest BCUT2D eigenvalue weighted by molar-refractivity contribution is -0.132. The third-order valence-electron chi connectivity index (χ3n) is 4.31. The van der Waals surface area contributed by atoms with Gasteiger partial charge in [-0.2, -0.15) is 4.91 Å². The summed E-state index contributed by atoms with van der Waals surface area (Å²) >= 11 is 0. The largest absolute Gasteiger partial charge is 0.390 e. The van der Waals surface area contributed by atoms with Gasteiger partial charge in [0.25, 0.3) is 0 Å². The predicted molar refractivity (Wildman–Crippen MR) is 48.1 cm³/mol. The summed E-state index contributed by atoms with van der Waals surface area (Å²) in [5.74, 6) is 1.48. The van der Waals surface area contributed by atoms with Crippen molar-refractivity contribution in [2.75, 3.05) is 0 Å². The van der Waals surface area contributed by atoms with E-state index in [9.17, 15) is 10.0 Å². The highest BCUT2D eigenvalue weighted by molar-refractivity contribution is 5.07. The third kappa shape index (κ3) is 0.997. The van der Waals surface area contributed by atoms with Crippen LogP contribution in [-0.4, -0.2) is 16.7 Å². The van der Waals surface area contributed by atoms with E-state index >= 15 is 0 Å². The molecule has 0 aromatic heterocycles. The van der Waals surface area contributed by atoms with E-state index in [0.29, 0.717) is 17.8 Å². The molecule has 0 aliphatic heterocycles. The van der Waals surface area contributed by atoms with Gasteiger partial charge in [0.1, 0.15) is 0 Å². The number of rotatable bonds is 1. The van der Waals surface area contributed by atoms with Crippen LogP contribution in [0.4, 0.5) is 0 Å². The van der Waals surface area contributed by atoms with Crippen LogP contribution in [0, 0.1) is 22.7 Å².